The van der Waals surface area contributed by atoms with E-state index in [1.54, 1.807) is 18.2 Å². The molecule has 0 aliphatic rings. The summed E-state index contributed by atoms with van der Waals surface area (Å²) in [5, 5.41) is 11.5. The van der Waals surface area contributed by atoms with Gasteiger partial charge in [-0.3, -0.25) is 0 Å². The molecule has 1 aromatic carbocycles. The van der Waals surface area contributed by atoms with E-state index < -0.39 is 5.97 Å². The number of hydrogen-bond acceptors (Lipinski definition) is 2. The average molecular weight is 270 g/mol. The van der Waals surface area contributed by atoms with Crippen LogP contribution in [0.3, 0.4) is 0 Å². The van der Waals surface area contributed by atoms with Gasteiger partial charge in [0.15, 0.2) is 0 Å². The van der Waals surface area contributed by atoms with Crippen LogP contribution < -0.4 is 34.7 Å². The molecular weight excluding hydrogens is 261 g/mol. The van der Waals surface area contributed by atoms with Gasteiger partial charge in [0, 0.05) is 11.2 Å². The quantitative estimate of drug-likeness (QED) is 0.690. The zero-order valence-corrected chi connectivity index (χ0v) is 12.6. The van der Waals surface area contributed by atoms with E-state index in [4.69, 9.17) is 11.6 Å². The van der Waals surface area contributed by atoms with Crippen molar-refractivity contribution in [3.05, 3.63) is 53.7 Å². The summed E-state index contributed by atoms with van der Waals surface area (Å²) in [6.07, 6.45) is 1.44. The molecule has 1 heterocycles. The molecule has 2 rings (SSSR count). The Morgan fingerprint density at radius 1 is 1.22 bits per heavy atom. The molecule has 0 aliphatic carbocycles. The van der Waals surface area contributed by atoms with E-state index in [9.17, 15) is 9.90 Å². The van der Waals surface area contributed by atoms with Crippen molar-refractivity contribution in [2.75, 3.05) is 0 Å². The van der Waals surface area contributed by atoms with E-state index in [0.717, 1.165) is 11.3 Å². The van der Waals surface area contributed by atoms with Gasteiger partial charge in [0.05, 0.1) is 17.4 Å². The van der Waals surface area contributed by atoms with Crippen molar-refractivity contribution in [1.82, 2.24) is 4.57 Å². The molecule has 0 radical (unpaired) electrons. The number of benzene rings is 1. The third kappa shape index (κ3) is 2.87. The third-order valence-corrected chi connectivity index (χ3v) is 2.70. The molecule has 1 aromatic heterocycles. The van der Waals surface area contributed by atoms with E-state index in [-0.39, 0.29) is 35.3 Å². The van der Waals surface area contributed by atoms with E-state index >= 15 is 0 Å². The first-order chi connectivity index (χ1) is 8.13. The Hall–Kier alpha value is -1.000. The van der Waals surface area contributed by atoms with Crippen LogP contribution in [0.2, 0.25) is 5.02 Å². The number of aromatic nitrogens is 1. The molecule has 0 amide bonds. The molecule has 0 unspecified atom stereocenters. The topological polar surface area (TPSA) is 45.1 Å². The second-order valence-electron chi connectivity index (χ2n) is 3.45. The van der Waals surface area contributed by atoms with Crippen molar-refractivity contribution in [2.45, 2.75) is 0 Å². The largest absolute Gasteiger partial charge is 1.00 e. The number of rotatable bonds is 3. The van der Waals surface area contributed by atoms with Crippen LogP contribution in [0.5, 0.6) is 0 Å². The smallest absolute Gasteiger partial charge is 0.543 e. The maximum absolute atomic E-state index is 10.9. The van der Waals surface area contributed by atoms with Gasteiger partial charge in [-0.25, -0.2) is 0 Å². The number of halogens is 1. The van der Waals surface area contributed by atoms with Crippen LogP contribution in [0.25, 0.3) is 17.5 Å². The summed E-state index contributed by atoms with van der Waals surface area (Å²) in [6.45, 7) is 3.60. The van der Waals surface area contributed by atoms with Crippen LogP contribution in [-0.2, 0) is 0 Å². The summed E-state index contributed by atoms with van der Waals surface area (Å²) >= 11 is 5.80. The van der Waals surface area contributed by atoms with Crippen LogP contribution in [0.4, 0.5) is 0 Å². The van der Waals surface area contributed by atoms with Gasteiger partial charge in [0.2, 0.25) is 0 Å². The minimum absolute atomic E-state index is 0. The van der Waals surface area contributed by atoms with Gasteiger partial charge in [-0.1, -0.05) is 30.3 Å². The second-order valence-corrected chi connectivity index (χ2v) is 3.89. The fourth-order valence-electron chi connectivity index (χ4n) is 1.67. The molecule has 0 aliphatic heterocycles. The Balaban J connectivity index is 0.00000162. The molecule has 2 aromatic rings. The van der Waals surface area contributed by atoms with E-state index in [1.165, 1.54) is 16.8 Å². The van der Waals surface area contributed by atoms with Gasteiger partial charge in [0.1, 0.15) is 0 Å². The average Bonchev–Trinajstić information content (AvgIpc) is 2.73. The van der Waals surface area contributed by atoms with Crippen molar-refractivity contribution in [2.24, 2.45) is 0 Å². The number of carboxylic acids is 1. The van der Waals surface area contributed by atoms with Gasteiger partial charge in [0.25, 0.3) is 0 Å². The number of aromatic carboxylic acids is 1. The minimum atomic E-state index is -1.23. The summed E-state index contributed by atoms with van der Waals surface area (Å²) in [5.41, 5.74) is 1.67. The first-order valence-corrected chi connectivity index (χ1v) is 5.32. The molecule has 18 heavy (non-hydrogen) atoms. The molecule has 0 atom stereocenters. The SMILES string of the molecule is C=Cn1c(C(=O)[O-])ccc1-c1ccc(Cl)cc1.[Na+]. The number of hydrogen-bond donors (Lipinski definition) is 0. The molecule has 0 N–H and O–H groups in total. The minimum Gasteiger partial charge on any atom is -0.543 e. The molecule has 0 spiro atoms. The molecule has 86 valence electrons. The monoisotopic (exact) mass is 269 g/mol. The zero-order valence-electron chi connectivity index (χ0n) is 9.89. The first kappa shape index (κ1) is 15.1. The summed E-state index contributed by atoms with van der Waals surface area (Å²) in [5.74, 6) is -1.23. The summed E-state index contributed by atoms with van der Waals surface area (Å²) in [4.78, 5) is 10.9. The second kappa shape index (κ2) is 6.25. The van der Waals surface area contributed by atoms with Gasteiger partial charge in [-0.2, -0.15) is 0 Å². The van der Waals surface area contributed by atoms with Gasteiger partial charge in [-0.15, -0.1) is 0 Å². The molecule has 0 saturated carbocycles. The predicted molar refractivity (Wildman–Crippen MR) is 65.6 cm³/mol. The maximum Gasteiger partial charge on any atom is 1.00 e. The third-order valence-electron chi connectivity index (χ3n) is 2.45. The van der Waals surface area contributed by atoms with Crippen LogP contribution in [0.15, 0.2) is 43.0 Å². The molecule has 0 bridgehead atoms. The maximum atomic E-state index is 10.9. The van der Waals surface area contributed by atoms with Crippen LogP contribution in [0, 0.1) is 0 Å². The summed E-state index contributed by atoms with van der Waals surface area (Å²) in [7, 11) is 0. The zero-order chi connectivity index (χ0) is 12.4. The fraction of sp³-hybridized carbons (Fsp3) is 0. The van der Waals surface area contributed by atoms with Crippen molar-refractivity contribution in [1.29, 1.82) is 0 Å². The number of carbonyl (C=O) groups is 1. The Kier molecular flexibility index (Phi) is 5.23. The van der Waals surface area contributed by atoms with E-state index in [2.05, 4.69) is 6.58 Å². The Morgan fingerprint density at radius 2 is 1.83 bits per heavy atom. The molecular formula is C13H9ClNNaO2. The van der Waals surface area contributed by atoms with Crippen LogP contribution in [-0.4, -0.2) is 10.5 Å². The molecule has 0 fully saturated rings. The van der Waals surface area contributed by atoms with Crippen LogP contribution in [0.1, 0.15) is 10.5 Å². The van der Waals surface area contributed by atoms with Crippen molar-refractivity contribution >= 4 is 23.8 Å². The van der Waals surface area contributed by atoms with Gasteiger partial charge >= 0.3 is 29.6 Å². The number of nitrogens with zero attached hydrogens (tertiary/aromatic N) is 1. The van der Waals surface area contributed by atoms with E-state index in [1.807, 2.05) is 12.1 Å². The fourth-order valence-corrected chi connectivity index (χ4v) is 1.79. The van der Waals surface area contributed by atoms with Crippen molar-refractivity contribution < 1.29 is 39.5 Å². The van der Waals surface area contributed by atoms with Crippen molar-refractivity contribution in [3.63, 3.8) is 0 Å². The summed E-state index contributed by atoms with van der Waals surface area (Å²) in [6, 6.07) is 10.3. The Morgan fingerprint density at radius 3 is 2.33 bits per heavy atom. The standard InChI is InChI=1S/C13H10ClNO2.Na/c1-2-15-11(7-8-12(15)13(16)17)9-3-5-10(14)6-4-9;/h2-8H,1H2,(H,16,17);/q;+1/p-1. The Labute approximate surface area is 132 Å². The first-order valence-electron chi connectivity index (χ1n) is 4.94. The van der Waals surface area contributed by atoms with Crippen molar-refractivity contribution in [3.8, 4) is 11.3 Å². The number of carboxylic acid groups (broad SMARTS) is 1. The predicted octanol–water partition coefficient (Wildman–Crippen LogP) is -0.724. The normalized spacial score (nSPS) is 9.61. The number of carbonyl (C=O) groups excluding carboxylic acids is 1. The van der Waals surface area contributed by atoms with Gasteiger partial charge < -0.3 is 14.5 Å². The van der Waals surface area contributed by atoms with Crippen LogP contribution >= 0.6 is 11.6 Å². The molecule has 0 saturated heterocycles. The van der Waals surface area contributed by atoms with Gasteiger partial charge in [-0.05, 0) is 29.8 Å². The molecule has 5 heteroatoms. The Bertz CT molecular complexity index is 575. The molecule has 3 nitrogen and oxygen atoms in total. The van der Waals surface area contributed by atoms with E-state index in [0.29, 0.717) is 5.02 Å². The summed E-state index contributed by atoms with van der Waals surface area (Å²) < 4.78 is 1.47.